The van der Waals surface area contributed by atoms with Crippen LogP contribution >= 0.6 is 0 Å². The van der Waals surface area contributed by atoms with E-state index in [1.807, 2.05) is 28.0 Å². The third kappa shape index (κ3) is 5.42. The number of nitrogens with zero attached hydrogens (tertiary/aromatic N) is 4. The van der Waals surface area contributed by atoms with Gasteiger partial charge in [0.2, 0.25) is 11.8 Å². The number of ether oxygens (including phenoxy) is 1. The van der Waals surface area contributed by atoms with Crippen LogP contribution in [0.1, 0.15) is 25.7 Å². The standard InChI is InChI=1S/C20H30N4O3/c1-27-16-20(26)24-10-4-5-17(15-24)7-8-19(25)23-13-11-22(12-14-23)18-6-2-3-9-21-18/h2-3,6,9,17H,4-5,7-8,10-16H2,1H3/t17-/m1/s1. The summed E-state index contributed by atoms with van der Waals surface area (Å²) in [4.78, 5) is 35.0. The molecular formula is C20H30N4O3. The Morgan fingerprint density at radius 3 is 2.63 bits per heavy atom. The lowest BCUT2D eigenvalue weighted by Gasteiger charge is -2.36. The number of aromatic nitrogens is 1. The number of carbonyl (C=O) groups excluding carboxylic acids is 2. The van der Waals surface area contributed by atoms with Crippen LogP contribution in [0.4, 0.5) is 5.82 Å². The molecule has 2 aliphatic heterocycles. The van der Waals surface area contributed by atoms with E-state index in [2.05, 4.69) is 9.88 Å². The second kappa shape index (κ2) is 9.69. The monoisotopic (exact) mass is 374 g/mol. The molecule has 0 saturated carbocycles. The van der Waals surface area contributed by atoms with E-state index >= 15 is 0 Å². The van der Waals surface area contributed by atoms with Crippen molar-refractivity contribution in [2.24, 2.45) is 5.92 Å². The molecule has 0 aromatic carbocycles. The van der Waals surface area contributed by atoms with E-state index in [1.54, 1.807) is 13.3 Å². The molecule has 27 heavy (non-hydrogen) atoms. The van der Waals surface area contributed by atoms with Crippen molar-refractivity contribution in [3.63, 3.8) is 0 Å². The van der Waals surface area contributed by atoms with Crippen LogP contribution in [0.3, 0.4) is 0 Å². The number of hydrogen-bond donors (Lipinski definition) is 0. The molecule has 2 aliphatic rings. The van der Waals surface area contributed by atoms with Gasteiger partial charge in [0, 0.05) is 59.0 Å². The Kier molecular flexibility index (Phi) is 7.04. The lowest BCUT2D eigenvalue weighted by molar-refractivity contribution is -0.137. The molecule has 0 bridgehead atoms. The minimum Gasteiger partial charge on any atom is -0.375 e. The second-order valence-electron chi connectivity index (χ2n) is 7.38. The van der Waals surface area contributed by atoms with Gasteiger partial charge in [-0.3, -0.25) is 9.59 Å². The van der Waals surface area contributed by atoms with Gasteiger partial charge in [-0.05, 0) is 37.3 Å². The number of methoxy groups -OCH3 is 1. The highest BCUT2D eigenvalue weighted by molar-refractivity contribution is 5.78. The minimum absolute atomic E-state index is 0.0548. The van der Waals surface area contributed by atoms with Crippen molar-refractivity contribution in [3.8, 4) is 0 Å². The fourth-order valence-electron chi connectivity index (χ4n) is 3.95. The van der Waals surface area contributed by atoms with E-state index in [0.29, 0.717) is 12.3 Å². The van der Waals surface area contributed by atoms with Gasteiger partial charge >= 0.3 is 0 Å². The molecule has 148 valence electrons. The molecule has 1 aromatic rings. The van der Waals surface area contributed by atoms with Crippen molar-refractivity contribution < 1.29 is 14.3 Å². The summed E-state index contributed by atoms with van der Waals surface area (Å²) in [5.74, 6) is 1.68. The number of piperazine rings is 1. The van der Waals surface area contributed by atoms with Crippen molar-refractivity contribution in [1.82, 2.24) is 14.8 Å². The average Bonchev–Trinajstić information content (AvgIpc) is 2.73. The summed E-state index contributed by atoms with van der Waals surface area (Å²) in [5, 5.41) is 0. The molecule has 2 amide bonds. The first kappa shape index (κ1) is 19.6. The van der Waals surface area contributed by atoms with Crippen LogP contribution in [0.15, 0.2) is 24.4 Å². The van der Waals surface area contributed by atoms with E-state index in [-0.39, 0.29) is 18.4 Å². The molecule has 0 radical (unpaired) electrons. The molecule has 3 heterocycles. The van der Waals surface area contributed by atoms with Crippen molar-refractivity contribution in [1.29, 1.82) is 0 Å². The average molecular weight is 374 g/mol. The lowest BCUT2D eigenvalue weighted by Crippen LogP contribution is -2.49. The third-order valence-electron chi connectivity index (χ3n) is 5.51. The molecule has 0 aliphatic carbocycles. The van der Waals surface area contributed by atoms with Crippen molar-refractivity contribution in [3.05, 3.63) is 24.4 Å². The van der Waals surface area contributed by atoms with Crippen LogP contribution in [0.5, 0.6) is 0 Å². The summed E-state index contributed by atoms with van der Waals surface area (Å²) in [7, 11) is 1.55. The minimum atomic E-state index is 0.0548. The first-order valence-corrected chi connectivity index (χ1v) is 9.88. The fourth-order valence-corrected chi connectivity index (χ4v) is 3.95. The quantitative estimate of drug-likeness (QED) is 0.753. The van der Waals surface area contributed by atoms with Crippen molar-refractivity contribution >= 4 is 17.6 Å². The molecule has 1 atom stereocenters. The molecule has 0 N–H and O–H groups in total. The second-order valence-corrected chi connectivity index (χ2v) is 7.38. The van der Waals surface area contributed by atoms with Gasteiger partial charge in [-0.2, -0.15) is 0 Å². The van der Waals surface area contributed by atoms with Gasteiger partial charge in [0.1, 0.15) is 12.4 Å². The number of amides is 2. The van der Waals surface area contributed by atoms with Crippen LogP contribution in [0.25, 0.3) is 0 Å². The van der Waals surface area contributed by atoms with Crippen molar-refractivity contribution in [2.45, 2.75) is 25.7 Å². The summed E-state index contributed by atoms with van der Waals surface area (Å²) >= 11 is 0. The Balaban J connectivity index is 1.40. The highest BCUT2D eigenvalue weighted by Crippen LogP contribution is 2.22. The number of hydrogen-bond acceptors (Lipinski definition) is 5. The SMILES string of the molecule is COCC(=O)N1CCC[C@H](CCC(=O)N2CCN(c3ccccn3)CC2)C1. The van der Waals surface area contributed by atoms with Gasteiger partial charge in [0.25, 0.3) is 0 Å². The summed E-state index contributed by atoms with van der Waals surface area (Å²) in [6, 6.07) is 5.92. The highest BCUT2D eigenvalue weighted by atomic mass is 16.5. The number of pyridine rings is 1. The van der Waals surface area contributed by atoms with E-state index in [9.17, 15) is 9.59 Å². The maximum absolute atomic E-state index is 12.6. The zero-order valence-electron chi connectivity index (χ0n) is 16.2. The zero-order valence-corrected chi connectivity index (χ0v) is 16.2. The predicted molar refractivity (Wildman–Crippen MR) is 103 cm³/mol. The molecule has 0 unspecified atom stereocenters. The Bertz CT molecular complexity index is 617. The maximum atomic E-state index is 12.6. The topological polar surface area (TPSA) is 66.0 Å². The van der Waals surface area contributed by atoms with Gasteiger partial charge in [-0.15, -0.1) is 0 Å². The molecular weight excluding hydrogens is 344 g/mol. The maximum Gasteiger partial charge on any atom is 0.248 e. The van der Waals surface area contributed by atoms with E-state index in [1.165, 1.54) is 0 Å². The number of piperidine rings is 1. The first-order chi connectivity index (χ1) is 13.2. The molecule has 3 rings (SSSR count). The molecule has 2 saturated heterocycles. The number of carbonyl (C=O) groups is 2. The predicted octanol–water partition coefficient (Wildman–Crippen LogP) is 1.40. The number of rotatable bonds is 6. The summed E-state index contributed by atoms with van der Waals surface area (Å²) in [6.45, 7) is 4.85. The smallest absolute Gasteiger partial charge is 0.248 e. The van der Waals surface area contributed by atoms with Crippen molar-refractivity contribution in [2.75, 3.05) is 57.9 Å². The third-order valence-corrected chi connectivity index (χ3v) is 5.51. The highest BCUT2D eigenvalue weighted by Gasteiger charge is 2.26. The van der Waals surface area contributed by atoms with E-state index < -0.39 is 0 Å². The van der Waals surface area contributed by atoms with Gasteiger partial charge in [-0.1, -0.05) is 6.07 Å². The zero-order chi connectivity index (χ0) is 19.1. The molecule has 0 spiro atoms. The number of anilines is 1. The molecule has 2 fully saturated rings. The van der Waals surface area contributed by atoms with Crippen LogP contribution < -0.4 is 4.90 Å². The van der Waals surface area contributed by atoms with Crippen LogP contribution in [0, 0.1) is 5.92 Å². The Morgan fingerprint density at radius 2 is 1.93 bits per heavy atom. The molecule has 1 aromatic heterocycles. The van der Waals surface area contributed by atoms with Gasteiger partial charge in [-0.25, -0.2) is 4.98 Å². The van der Waals surface area contributed by atoms with Crippen LogP contribution in [-0.2, 0) is 14.3 Å². The molecule has 7 heteroatoms. The largest absolute Gasteiger partial charge is 0.375 e. The lowest BCUT2D eigenvalue weighted by atomic mass is 9.93. The van der Waals surface area contributed by atoms with E-state index in [0.717, 1.165) is 64.3 Å². The van der Waals surface area contributed by atoms with Gasteiger partial charge in [0.05, 0.1) is 0 Å². The number of likely N-dealkylation sites (tertiary alicyclic amines) is 1. The normalized spacial score (nSPS) is 20.6. The van der Waals surface area contributed by atoms with Gasteiger partial charge in [0.15, 0.2) is 0 Å². The first-order valence-electron chi connectivity index (χ1n) is 9.88. The van der Waals surface area contributed by atoms with Crippen LogP contribution in [-0.4, -0.2) is 79.6 Å². The van der Waals surface area contributed by atoms with E-state index in [4.69, 9.17) is 4.74 Å². The molecule has 7 nitrogen and oxygen atoms in total. The van der Waals surface area contributed by atoms with Crippen LogP contribution in [0.2, 0.25) is 0 Å². The Labute approximate surface area is 161 Å². The van der Waals surface area contributed by atoms with Gasteiger partial charge < -0.3 is 19.4 Å². The summed E-state index contributed by atoms with van der Waals surface area (Å²) < 4.78 is 4.95. The summed E-state index contributed by atoms with van der Waals surface area (Å²) in [6.07, 6.45) is 5.34. The Hall–Kier alpha value is -2.15. The fraction of sp³-hybridized carbons (Fsp3) is 0.650. The summed E-state index contributed by atoms with van der Waals surface area (Å²) in [5.41, 5.74) is 0. The Morgan fingerprint density at radius 1 is 1.11 bits per heavy atom.